The number of amides is 1. The van der Waals surface area contributed by atoms with Gasteiger partial charge in [0.2, 0.25) is 5.91 Å². The molecule has 1 heterocycles. The molecule has 32 heavy (non-hydrogen) atoms. The smallest absolute Gasteiger partial charge is 0.234 e. The third-order valence-corrected chi connectivity index (χ3v) is 7.67. The minimum Gasteiger partial charge on any atom is -0.325 e. The Morgan fingerprint density at radius 3 is 2.62 bits per heavy atom. The lowest BCUT2D eigenvalue weighted by molar-refractivity contribution is -0.113. The minimum atomic E-state index is -0.236. The Morgan fingerprint density at radius 2 is 1.91 bits per heavy atom. The van der Waals surface area contributed by atoms with Gasteiger partial charge in [0.15, 0.2) is 5.16 Å². The van der Waals surface area contributed by atoms with Crippen LogP contribution in [0.25, 0.3) is 0 Å². The average Bonchev–Trinajstić information content (AvgIpc) is 3.16. The Hall–Kier alpha value is -2.10. The Bertz CT molecular complexity index is 1100. The van der Waals surface area contributed by atoms with Crippen molar-refractivity contribution in [1.82, 2.24) is 14.8 Å². The molecule has 1 amide bonds. The summed E-state index contributed by atoms with van der Waals surface area (Å²) < 4.78 is 16.0. The maximum Gasteiger partial charge on any atom is 0.234 e. The van der Waals surface area contributed by atoms with Gasteiger partial charge >= 0.3 is 0 Å². The average molecular weight is 536 g/mol. The number of rotatable bonds is 10. The highest BCUT2D eigenvalue weighted by atomic mass is 79.9. The SMILES string of the molecule is C=CCn1c(CSCc2ccc(F)cc2)nnc1SCC(=O)Nc1ccc(Br)c(C)c1C. The van der Waals surface area contributed by atoms with E-state index in [1.165, 1.54) is 23.9 Å². The quantitative estimate of drug-likeness (QED) is 0.249. The first-order chi connectivity index (χ1) is 15.4. The predicted molar refractivity (Wildman–Crippen MR) is 135 cm³/mol. The summed E-state index contributed by atoms with van der Waals surface area (Å²) in [5.41, 5.74) is 4.00. The van der Waals surface area contributed by atoms with Gasteiger partial charge in [-0.2, -0.15) is 0 Å². The normalized spacial score (nSPS) is 10.9. The molecule has 0 fully saturated rings. The number of carbonyl (C=O) groups is 1. The third kappa shape index (κ3) is 6.46. The first kappa shape index (κ1) is 24.5. The van der Waals surface area contributed by atoms with E-state index < -0.39 is 0 Å². The second kappa shape index (κ2) is 11.7. The molecule has 9 heteroatoms. The van der Waals surface area contributed by atoms with Gasteiger partial charge in [0.1, 0.15) is 11.6 Å². The summed E-state index contributed by atoms with van der Waals surface area (Å²) in [6.45, 7) is 8.38. The number of hydrogen-bond donors (Lipinski definition) is 1. The van der Waals surface area contributed by atoms with Gasteiger partial charge < -0.3 is 9.88 Å². The van der Waals surface area contributed by atoms with E-state index in [9.17, 15) is 9.18 Å². The highest BCUT2D eigenvalue weighted by molar-refractivity contribution is 9.10. The fourth-order valence-corrected chi connectivity index (χ4v) is 5.05. The standard InChI is InChI=1S/C23H24BrFN4OS2/c1-4-11-29-21(13-31-12-17-5-7-18(25)8-6-17)27-28-23(29)32-14-22(30)26-20-10-9-19(24)15(2)16(20)3/h4-10H,1,11-14H2,2-3H3,(H,26,30). The Balaban J connectivity index is 1.58. The molecule has 0 aliphatic rings. The van der Waals surface area contributed by atoms with Crippen LogP contribution in [0.3, 0.4) is 0 Å². The number of aromatic nitrogens is 3. The topological polar surface area (TPSA) is 59.8 Å². The third-order valence-electron chi connectivity index (χ3n) is 4.85. The number of benzene rings is 2. The lowest BCUT2D eigenvalue weighted by Crippen LogP contribution is -2.16. The zero-order chi connectivity index (χ0) is 23.1. The lowest BCUT2D eigenvalue weighted by Gasteiger charge is -2.12. The Labute approximate surface area is 204 Å². The van der Waals surface area contributed by atoms with Crippen molar-refractivity contribution in [2.24, 2.45) is 0 Å². The van der Waals surface area contributed by atoms with Gasteiger partial charge in [0, 0.05) is 22.5 Å². The molecule has 0 spiro atoms. The summed E-state index contributed by atoms with van der Waals surface area (Å²) >= 11 is 6.53. The summed E-state index contributed by atoms with van der Waals surface area (Å²) in [6, 6.07) is 10.3. The van der Waals surface area contributed by atoms with Crippen LogP contribution in [0.15, 0.2) is 58.7 Å². The molecule has 0 radical (unpaired) electrons. The van der Waals surface area contributed by atoms with Gasteiger partial charge in [0.25, 0.3) is 0 Å². The molecule has 0 saturated heterocycles. The molecular formula is C23H24BrFN4OS2. The molecule has 0 aliphatic heterocycles. The van der Waals surface area contributed by atoms with Crippen LogP contribution in [0.4, 0.5) is 10.1 Å². The van der Waals surface area contributed by atoms with Gasteiger partial charge in [-0.3, -0.25) is 4.79 Å². The molecule has 0 saturated carbocycles. The Kier molecular flexibility index (Phi) is 8.95. The number of hydrogen-bond acceptors (Lipinski definition) is 5. The van der Waals surface area contributed by atoms with Gasteiger partial charge in [-0.05, 0) is 54.8 Å². The molecule has 2 aromatic carbocycles. The highest BCUT2D eigenvalue weighted by Gasteiger charge is 2.15. The molecule has 0 unspecified atom stereocenters. The van der Waals surface area contributed by atoms with Crippen LogP contribution < -0.4 is 5.32 Å². The van der Waals surface area contributed by atoms with Gasteiger partial charge in [-0.25, -0.2) is 4.39 Å². The van der Waals surface area contributed by atoms with Crippen LogP contribution in [-0.2, 0) is 22.8 Å². The van der Waals surface area contributed by atoms with Crippen molar-refractivity contribution in [3.05, 3.63) is 81.9 Å². The number of carbonyl (C=O) groups excluding carboxylic acids is 1. The zero-order valence-corrected chi connectivity index (χ0v) is 21.1. The lowest BCUT2D eigenvalue weighted by atomic mass is 10.1. The van der Waals surface area contributed by atoms with E-state index in [2.05, 4.69) is 38.0 Å². The summed E-state index contributed by atoms with van der Waals surface area (Å²) in [5.74, 6) is 2.12. The Morgan fingerprint density at radius 1 is 1.16 bits per heavy atom. The molecular weight excluding hydrogens is 511 g/mol. The van der Waals surface area contributed by atoms with Crippen molar-refractivity contribution >= 4 is 51.0 Å². The minimum absolute atomic E-state index is 0.0970. The number of allylic oxidation sites excluding steroid dienone is 1. The van der Waals surface area contributed by atoms with Crippen molar-refractivity contribution < 1.29 is 9.18 Å². The summed E-state index contributed by atoms with van der Waals surface area (Å²) in [5, 5.41) is 12.2. The predicted octanol–water partition coefficient (Wildman–Crippen LogP) is 6.15. The van der Waals surface area contributed by atoms with Gasteiger partial charge in [0.05, 0.1) is 11.5 Å². The van der Waals surface area contributed by atoms with Crippen molar-refractivity contribution in [2.75, 3.05) is 11.1 Å². The van der Waals surface area contributed by atoms with E-state index in [0.29, 0.717) is 17.5 Å². The van der Waals surface area contributed by atoms with Crippen molar-refractivity contribution in [2.45, 2.75) is 37.1 Å². The van der Waals surface area contributed by atoms with Crippen LogP contribution in [-0.4, -0.2) is 26.4 Å². The number of nitrogens with zero attached hydrogens (tertiary/aromatic N) is 3. The first-order valence-electron chi connectivity index (χ1n) is 9.92. The van der Waals surface area contributed by atoms with Crippen LogP contribution >= 0.6 is 39.5 Å². The second-order valence-electron chi connectivity index (χ2n) is 7.10. The molecule has 168 valence electrons. The first-order valence-corrected chi connectivity index (χ1v) is 12.9. The van der Waals surface area contributed by atoms with E-state index in [4.69, 9.17) is 0 Å². The number of anilines is 1. The maximum atomic E-state index is 13.0. The fourth-order valence-electron chi connectivity index (χ4n) is 2.93. The van der Waals surface area contributed by atoms with Crippen molar-refractivity contribution in [1.29, 1.82) is 0 Å². The van der Waals surface area contributed by atoms with Gasteiger partial charge in [-0.15, -0.1) is 28.5 Å². The van der Waals surface area contributed by atoms with E-state index in [0.717, 1.165) is 38.4 Å². The molecule has 1 N–H and O–H groups in total. The maximum absolute atomic E-state index is 13.0. The number of nitrogens with one attached hydrogen (secondary N) is 1. The van der Waals surface area contributed by atoms with Crippen molar-refractivity contribution in [3.8, 4) is 0 Å². The summed E-state index contributed by atoms with van der Waals surface area (Å²) in [7, 11) is 0. The highest BCUT2D eigenvalue weighted by Crippen LogP contribution is 2.27. The molecule has 0 atom stereocenters. The zero-order valence-electron chi connectivity index (χ0n) is 17.9. The summed E-state index contributed by atoms with van der Waals surface area (Å²) in [6.07, 6.45) is 1.79. The molecule has 3 aromatic rings. The van der Waals surface area contributed by atoms with E-state index in [1.807, 2.05) is 30.5 Å². The van der Waals surface area contributed by atoms with Crippen molar-refractivity contribution in [3.63, 3.8) is 0 Å². The summed E-state index contributed by atoms with van der Waals surface area (Å²) in [4.78, 5) is 12.5. The van der Waals surface area contributed by atoms with Crippen LogP contribution in [0.2, 0.25) is 0 Å². The van der Waals surface area contributed by atoms with E-state index in [-0.39, 0.29) is 17.5 Å². The largest absolute Gasteiger partial charge is 0.325 e. The van der Waals surface area contributed by atoms with Crippen LogP contribution in [0.5, 0.6) is 0 Å². The molecule has 3 rings (SSSR count). The molecule has 1 aromatic heterocycles. The van der Waals surface area contributed by atoms with E-state index >= 15 is 0 Å². The molecule has 0 aliphatic carbocycles. The number of thioether (sulfide) groups is 2. The number of halogens is 2. The fraction of sp³-hybridized carbons (Fsp3) is 0.261. The molecule has 5 nitrogen and oxygen atoms in total. The van der Waals surface area contributed by atoms with Crippen LogP contribution in [0.1, 0.15) is 22.5 Å². The monoisotopic (exact) mass is 534 g/mol. The van der Waals surface area contributed by atoms with Crippen LogP contribution in [0, 0.1) is 19.7 Å². The van der Waals surface area contributed by atoms with E-state index in [1.54, 1.807) is 30.0 Å². The molecule has 0 bridgehead atoms. The van der Waals surface area contributed by atoms with Gasteiger partial charge in [-0.1, -0.05) is 45.9 Å². The second-order valence-corrected chi connectivity index (χ2v) is 9.88.